The van der Waals surface area contributed by atoms with Crippen molar-refractivity contribution in [2.45, 2.75) is 0 Å². The summed E-state index contributed by atoms with van der Waals surface area (Å²) in [6.45, 7) is 0.104. The summed E-state index contributed by atoms with van der Waals surface area (Å²) in [5.74, 6) is 0.180. The molecule has 0 atom stereocenters. The highest BCUT2D eigenvalue weighted by Crippen LogP contribution is 2.36. The summed E-state index contributed by atoms with van der Waals surface area (Å²) in [6, 6.07) is 8.78. The summed E-state index contributed by atoms with van der Waals surface area (Å²) in [6.07, 6.45) is 1.38. The number of carbonyl (C=O) groups excluding carboxylic acids is 3. The van der Waals surface area contributed by atoms with Crippen LogP contribution in [0.4, 0.5) is 10.5 Å². The maximum absolute atomic E-state index is 13.1. The van der Waals surface area contributed by atoms with Crippen molar-refractivity contribution in [3.63, 3.8) is 0 Å². The standard InChI is InChI=1S/C20H16N2O7/c1-26-12-4-6-15(27-2)14(9-12)22-19(24)13(18(23)21-20(22)25)7-11-3-5-16-17(8-11)29-10-28-16/h3-9H,10H2,1-2H3,(H,21,23,25)/b13-7-. The summed E-state index contributed by atoms with van der Waals surface area (Å²) in [7, 11) is 2.87. The molecule has 2 aromatic carbocycles. The van der Waals surface area contributed by atoms with E-state index in [1.807, 2.05) is 0 Å². The Morgan fingerprint density at radius 3 is 2.55 bits per heavy atom. The number of hydrogen-bond acceptors (Lipinski definition) is 7. The molecule has 148 valence electrons. The minimum Gasteiger partial charge on any atom is -0.497 e. The zero-order valence-corrected chi connectivity index (χ0v) is 15.6. The van der Waals surface area contributed by atoms with Crippen molar-refractivity contribution in [1.29, 1.82) is 0 Å². The second kappa shape index (κ2) is 7.19. The Balaban J connectivity index is 1.75. The lowest BCUT2D eigenvalue weighted by Gasteiger charge is -2.27. The largest absolute Gasteiger partial charge is 0.497 e. The number of barbiturate groups is 1. The number of urea groups is 1. The minimum absolute atomic E-state index is 0.104. The van der Waals surface area contributed by atoms with Crippen LogP contribution in [0, 0.1) is 0 Å². The van der Waals surface area contributed by atoms with Crippen LogP contribution in [-0.4, -0.2) is 38.9 Å². The van der Waals surface area contributed by atoms with Crippen molar-refractivity contribution in [3.05, 3.63) is 47.5 Å². The van der Waals surface area contributed by atoms with Crippen LogP contribution in [0.3, 0.4) is 0 Å². The fourth-order valence-corrected chi connectivity index (χ4v) is 3.02. The molecule has 29 heavy (non-hydrogen) atoms. The van der Waals surface area contributed by atoms with Crippen LogP contribution in [0.25, 0.3) is 6.08 Å². The van der Waals surface area contributed by atoms with Crippen LogP contribution in [0.1, 0.15) is 5.56 Å². The molecule has 0 unspecified atom stereocenters. The normalized spacial score (nSPS) is 16.8. The molecule has 1 fully saturated rings. The van der Waals surface area contributed by atoms with Gasteiger partial charge < -0.3 is 18.9 Å². The van der Waals surface area contributed by atoms with Gasteiger partial charge in [0.05, 0.1) is 19.9 Å². The van der Waals surface area contributed by atoms with Gasteiger partial charge in [0.15, 0.2) is 11.5 Å². The van der Waals surface area contributed by atoms with Gasteiger partial charge in [-0.3, -0.25) is 14.9 Å². The molecule has 1 saturated heterocycles. The first-order valence-electron chi connectivity index (χ1n) is 8.55. The summed E-state index contributed by atoms with van der Waals surface area (Å²) in [5.41, 5.74) is 0.478. The number of hydrogen-bond donors (Lipinski definition) is 1. The fourth-order valence-electron chi connectivity index (χ4n) is 3.02. The molecular weight excluding hydrogens is 380 g/mol. The molecule has 0 spiro atoms. The molecule has 0 aliphatic carbocycles. The predicted octanol–water partition coefficient (Wildman–Crippen LogP) is 2.10. The van der Waals surface area contributed by atoms with Crippen LogP contribution < -0.4 is 29.2 Å². The minimum atomic E-state index is -0.880. The Bertz CT molecular complexity index is 1060. The van der Waals surface area contributed by atoms with Gasteiger partial charge in [-0.05, 0) is 35.9 Å². The van der Waals surface area contributed by atoms with Gasteiger partial charge in [-0.1, -0.05) is 6.07 Å². The lowest BCUT2D eigenvalue weighted by Crippen LogP contribution is -2.54. The number of amides is 4. The Kier molecular flexibility index (Phi) is 4.55. The fraction of sp³-hybridized carbons (Fsp3) is 0.150. The number of nitrogens with zero attached hydrogens (tertiary/aromatic N) is 1. The Labute approximate surface area is 165 Å². The molecule has 0 aromatic heterocycles. The third kappa shape index (κ3) is 3.22. The molecule has 2 aromatic rings. The number of anilines is 1. The molecule has 4 amide bonds. The molecule has 0 bridgehead atoms. The van der Waals surface area contributed by atoms with Crippen LogP contribution in [0.15, 0.2) is 42.0 Å². The summed E-state index contributed by atoms with van der Waals surface area (Å²) in [4.78, 5) is 38.7. The number of nitrogens with one attached hydrogen (secondary N) is 1. The van der Waals surface area contributed by atoms with Gasteiger partial charge in [0.25, 0.3) is 11.8 Å². The second-order valence-electron chi connectivity index (χ2n) is 6.11. The lowest BCUT2D eigenvalue weighted by atomic mass is 10.1. The first-order valence-corrected chi connectivity index (χ1v) is 8.55. The molecule has 2 aliphatic rings. The van der Waals surface area contributed by atoms with E-state index in [2.05, 4.69) is 5.32 Å². The molecule has 2 heterocycles. The number of carbonyl (C=O) groups is 3. The number of fused-ring (bicyclic) bond motifs is 1. The lowest BCUT2D eigenvalue weighted by molar-refractivity contribution is -0.122. The zero-order chi connectivity index (χ0) is 20.5. The number of ether oxygens (including phenoxy) is 4. The topological polar surface area (TPSA) is 103 Å². The smallest absolute Gasteiger partial charge is 0.336 e. The van der Waals surface area contributed by atoms with E-state index >= 15 is 0 Å². The van der Waals surface area contributed by atoms with Crippen LogP contribution in [0.5, 0.6) is 23.0 Å². The summed E-state index contributed by atoms with van der Waals surface area (Å²) in [5, 5.41) is 2.18. The van der Waals surface area contributed by atoms with Crippen molar-refractivity contribution in [3.8, 4) is 23.0 Å². The number of benzene rings is 2. The summed E-state index contributed by atoms with van der Waals surface area (Å²) < 4.78 is 21.0. The van der Waals surface area contributed by atoms with E-state index in [1.54, 1.807) is 30.3 Å². The highest BCUT2D eigenvalue weighted by molar-refractivity contribution is 6.39. The maximum Gasteiger partial charge on any atom is 0.336 e. The van der Waals surface area contributed by atoms with Gasteiger partial charge in [-0.25, -0.2) is 9.69 Å². The maximum atomic E-state index is 13.1. The van der Waals surface area contributed by atoms with E-state index in [0.717, 1.165) is 4.90 Å². The van der Waals surface area contributed by atoms with E-state index in [1.165, 1.54) is 26.4 Å². The molecule has 4 rings (SSSR count). The average Bonchev–Trinajstić information content (AvgIpc) is 3.18. The van der Waals surface area contributed by atoms with Gasteiger partial charge in [-0.15, -0.1) is 0 Å². The molecule has 9 nitrogen and oxygen atoms in total. The predicted molar refractivity (Wildman–Crippen MR) is 101 cm³/mol. The summed E-state index contributed by atoms with van der Waals surface area (Å²) >= 11 is 0. The van der Waals surface area contributed by atoms with E-state index in [0.29, 0.717) is 22.8 Å². The molecule has 2 aliphatic heterocycles. The van der Waals surface area contributed by atoms with Gasteiger partial charge in [0.2, 0.25) is 6.79 Å². The first kappa shape index (κ1) is 18.4. The Morgan fingerprint density at radius 2 is 1.79 bits per heavy atom. The average molecular weight is 396 g/mol. The van der Waals surface area contributed by atoms with E-state index < -0.39 is 17.8 Å². The van der Waals surface area contributed by atoms with Crippen molar-refractivity contribution in [2.75, 3.05) is 25.9 Å². The van der Waals surface area contributed by atoms with E-state index in [9.17, 15) is 14.4 Å². The second-order valence-corrected chi connectivity index (χ2v) is 6.11. The van der Waals surface area contributed by atoms with Crippen LogP contribution >= 0.6 is 0 Å². The van der Waals surface area contributed by atoms with Crippen LogP contribution in [0.2, 0.25) is 0 Å². The third-order valence-corrected chi connectivity index (χ3v) is 4.44. The van der Waals surface area contributed by atoms with Crippen LogP contribution in [-0.2, 0) is 9.59 Å². The van der Waals surface area contributed by atoms with E-state index in [-0.39, 0.29) is 23.8 Å². The van der Waals surface area contributed by atoms with Crippen molar-refractivity contribution in [1.82, 2.24) is 5.32 Å². The third-order valence-electron chi connectivity index (χ3n) is 4.44. The zero-order valence-electron chi connectivity index (χ0n) is 15.6. The number of rotatable bonds is 4. The molecule has 1 N–H and O–H groups in total. The molecular formula is C20H16N2O7. The highest BCUT2D eigenvalue weighted by Gasteiger charge is 2.38. The van der Waals surface area contributed by atoms with E-state index in [4.69, 9.17) is 18.9 Å². The molecule has 0 radical (unpaired) electrons. The van der Waals surface area contributed by atoms with Gasteiger partial charge in [-0.2, -0.15) is 0 Å². The first-order chi connectivity index (χ1) is 14.0. The highest BCUT2D eigenvalue weighted by atomic mass is 16.7. The monoisotopic (exact) mass is 396 g/mol. The SMILES string of the molecule is COc1ccc(OC)c(N2C(=O)NC(=O)/C(=C/c3ccc4c(c3)OCO4)C2=O)c1. The van der Waals surface area contributed by atoms with Gasteiger partial charge >= 0.3 is 6.03 Å². The number of imide groups is 2. The van der Waals surface area contributed by atoms with Gasteiger partial charge in [0, 0.05) is 6.07 Å². The number of methoxy groups -OCH3 is 2. The Hall–Kier alpha value is -4.01. The van der Waals surface area contributed by atoms with Crippen molar-refractivity contribution >= 4 is 29.6 Å². The molecule has 0 saturated carbocycles. The van der Waals surface area contributed by atoms with Crippen molar-refractivity contribution < 1.29 is 33.3 Å². The quantitative estimate of drug-likeness (QED) is 0.623. The van der Waals surface area contributed by atoms with Gasteiger partial charge in [0.1, 0.15) is 17.1 Å². The van der Waals surface area contributed by atoms with Crippen molar-refractivity contribution in [2.24, 2.45) is 0 Å². The molecule has 9 heteroatoms. The Morgan fingerprint density at radius 1 is 1.00 bits per heavy atom.